The molecule has 1 fully saturated rings. The maximum absolute atomic E-state index is 5.80. The number of nitrogens with one attached hydrogen (secondary N) is 1. The van der Waals surface area contributed by atoms with Gasteiger partial charge in [0.15, 0.2) is 0 Å². The standard InChI is InChI=1S/C11H19N3O/c1-12-11-13-6-7-14(11)8-9-15-10-4-2-3-5-10/h6-7,10H,2-5,8-9H2,1H3,(H,12,13). The van der Waals surface area contributed by atoms with Crippen molar-refractivity contribution in [3.05, 3.63) is 12.4 Å². The first-order valence-electron chi connectivity index (χ1n) is 5.70. The van der Waals surface area contributed by atoms with Crippen molar-refractivity contribution < 1.29 is 4.74 Å². The van der Waals surface area contributed by atoms with Gasteiger partial charge in [-0.3, -0.25) is 0 Å². The summed E-state index contributed by atoms with van der Waals surface area (Å²) in [7, 11) is 1.89. The van der Waals surface area contributed by atoms with Gasteiger partial charge in [0.1, 0.15) is 0 Å². The molecule has 0 unspecified atom stereocenters. The van der Waals surface area contributed by atoms with E-state index in [0.29, 0.717) is 6.10 Å². The zero-order valence-electron chi connectivity index (χ0n) is 9.28. The molecule has 0 amide bonds. The number of imidazole rings is 1. The lowest BCUT2D eigenvalue weighted by molar-refractivity contribution is 0.0532. The van der Waals surface area contributed by atoms with Gasteiger partial charge >= 0.3 is 0 Å². The Bertz CT molecular complexity index is 292. The fourth-order valence-electron chi connectivity index (χ4n) is 2.09. The molecule has 0 aromatic carbocycles. The van der Waals surface area contributed by atoms with Crippen LogP contribution in [-0.4, -0.2) is 29.3 Å². The average Bonchev–Trinajstić information content (AvgIpc) is 2.88. The largest absolute Gasteiger partial charge is 0.376 e. The molecular weight excluding hydrogens is 190 g/mol. The molecule has 0 spiro atoms. The van der Waals surface area contributed by atoms with Gasteiger partial charge in [0.25, 0.3) is 0 Å². The summed E-state index contributed by atoms with van der Waals surface area (Å²) in [6, 6.07) is 0. The minimum Gasteiger partial charge on any atom is -0.376 e. The smallest absolute Gasteiger partial charge is 0.202 e. The van der Waals surface area contributed by atoms with E-state index in [1.54, 1.807) is 6.20 Å². The highest BCUT2D eigenvalue weighted by Gasteiger charge is 2.14. The molecule has 4 heteroatoms. The van der Waals surface area contributed by atoms with Crippen LogP contribution in [0.25, 0.3) is 0 Å². The van der Waals surface area contributed by atoms with Crippen LogP contribution in [0.3, 0.4) is 0 Å². The van der Waals surface area contributed by atoms with Gasteiger partial charge in [0, 0.05) is 26.0 Å². The molecule has 1 N–H and O–H groups in total. The van der Waals surface area contributed by atoms with Gasteiger partial charge in [-0.1, -0.05) is 12.8 Å². The molecule has 0 aliphatic heterocycles. The Morgan fingerprint density at radius 3 is 3.07 bits per heavy atom. The summed E-state index contributed by atoms with van der Waals surface area (Å²) >= 11 is 0. The number of hydrogen-bond acceptors (Lipinski definition) is 3. The topological polar surface area (TPSA) is 39.1 Å². The Hall–Kier alpha value is -1.03. The fraction of sp³-hybridized carbons (Fsp3) is 0.727. The average molecular weight is 209 g/mol. The third kappa shape index (κ3) is 2.72. The molecule has 0 bridgehead atoms. The molecule has 1 aromatic heterocycles. The van der Waals surface area contributed by atoms with Crippen LogP contribution in [0.2, 0.25) is 0 Å². The summed E-state index contributed by atoms with van der Waals surface area (Å²) in [6.45, 7) is 1.67. The molecule has 0 saturated heterocycles. The number of nitrogens with zero attached hydrogens (tertiary/aromatic N) is 2. The Morgan fingerprint density at radius 2 is 2.33 bits per heavy atom. The zero-order chi connectivity index (χ0) is 10.5. The van der Waals surface area contributed by atoms with Crippen LogP contribution >= 0.6 is 0 Å². The highest BCUT2D eigenvalue weighted by Crippen LogP contribution is 2.20. The summed E-state index contributed by atoms with van der Waals surface area (Å²) in [4.78, 5) is 4.18. The van der Waals surface area contributed by atoms with E-state index in [-0.39, 0.29) is 0 Å². The van der Waals surface area contributed by atoms with Gasteiger partial charge in [0.05, 0.1) is 12.7 Å². The van der Waals surface area contributed by atoms with Crippen molar-refractivity contribution in [2.24, 2.45) is 0 Å². The van der Waals surface area contributed by atoms with Crippen molar-refractivity contribution in [1.82, 2.24) is 9.55 Å². The first kappa shape index (κ1) is 10.5. The lowest BCUT2D eigenvalue weighted by Crippen LogP contribution is -2.13. The quantitative estimate of drug-likeness (QED) is 0.804. The predicted octanol–water partition coefficient (Wildman–Crippen LogP) is 1.88. The number of anilines is 1. The molecule has 4 nitrogen and oxygen atoms in total. The second kappa shape index (κ2) is 5.16. The van der Waals surface area contributed by atoms with E-state index < -0.39 is 0 Å². The molecule has 84 valence electrons. The molecule has 1 aliphatic carbocycles. The van der Waals surface area contributed by atoms with Crippen molar-refractivity contribution in [2.75, 3.05) is 19.0 Å². The minimum absolute atomic E-state index is 0.506. The maximum Gasteiger partial charge on any atom is 0.202 e. The zero-order valence-corrected chi connectivity index (χ0v) is 9.28. The summed E-state index contributed by atoms with van der Waals surface area (Å²) in [5, 5.41) is 3.05. The van der Waals surface area contributed by atoms with Crippen LogP contribution in [0.1, 0.15) is 25.7 Å². The van der Waals surface area contributed by atoms with Crippen molar-refractivity contribution in [2.45, 2.75) is 38.3 Å². The highest BCUT2D eigenvalue weighted by molar-refractivity contribution is 5.23. The van der Waals surface area contributed by atoms with Crippen LogP contribution in [0.5, 0.6) is 0 Å². The third-order valence-corrected chi connectivity index (χ3v) is 2.93. The minimum atomic E-state index is 0.506. The Labute approximate surface area is 90.6 Å². The maximum atomic E-state index is 5.80. The summed E-state index contributed by atoms with van der Waals surface area (Å²) < 4.78 is 7.88. The van der Waals surface area contributed by atoms with E-state index in [9.17, 15) is 0 Å². The fourth-order valence-corrected chi connectivity index (χ4v) is 2.09. The first-order chi connectivity index (χ1) is 7.40. The molecule has 2 rings (SSSR count). The number of aromatic nitrogens is 2. The van der Waals surface area contributed by atoms with E-state index in [1.807, 2.05) is 13.2 Å². The molecule has 1 heterocycles. The second-order valence-corrected chi connectivity index (χ2v) is 3.97. The molecule has 0 radical (unpaired) electrons. The Morgan fingerprint density at radius 1 is 1.53 bits per heavy atom. The monoisotopic (exact) mass is 209 g/mol. The summed E-state index contributed by atoms with van der Waals surface area (Å²) in [5.74, 6) is 0.907. The van der Waals surface area contributed by atoms with Gasteiger partial charge in [-0.25, -0.2) is 4.98 Å². The van der Waals surface area contributed by atoms with Gasteiger partial charge < -0.3 is 14.6 Å². The molecule has 1 saturated carbocycles. The lowest BCUT2D eigenvalue weighted by Gasteiger charge is -2.12. The van der Waals surface area contributed by atoms with E-state index in [1.165, 1.54) is 25.7 Å². The first-order valence-corrected chi connectivity index (χ1v) is 5.70. The van der Waals surface area contributed by atoms with Crippen molar-refractivity contribution >= 4 is 5.95 Å². The Balaban J connectivity index is 1.73. The normalized spacial score (nSPS) is 17.1. The molecular formula is C11H19N3O. The van der Waals surface area contributed by atoms with Crippen molar-refractivity contribution in [1.29, 1.82) is 0 Å². The number of ether oxygens (including phenoxy) is 1. The van der Waals surface area contributed by atoms with Crippen LogP contribution in [-0.2, 0) is 11.3 Å². The van der Waals surface area contributed by atoms with E-state index >= 15 is 0 Å². The van der Waals surface area contributed by atoms with Crippen LogP contribution in [0, 0.1) is 0 Å². The Kier molecular flexibility index (Phi) is 3.61. The highest BCUT2D eigenvalue weighted by atomic mass is 16.5. The van der Waals surface area contributed by atoms with Crippen LogP contribution < -0.4 is 5.32 Å². The molecule has 1 aromatic rings. The lowest BCUT2D eigenvalue weighted by atomic mass is 10.3. The SMILES string of the molecule is CNc1nccn1CCOC1CCCC1. The van der Waals surface area contributed by atoms with Crippen molar-refractivity contribution in [3.8, 4) is 0 Å². The van der Waals surface area contributed by atoms with E-state index in [0.717, 1.165) is 19.1 Å². The van der Waals surface area contributed by atoms with Crippen LogP contribution in [0.4, 0.5) is 5.95 Å². The van der Waals surface area contributed by atoms with Gasteiger partial charge in [-0.05, 0) is 12.8 Å². The van der Waals surface area contributed by atoms with E-state index in [2.05, 4.69) is 14.9 Å². The molecule has 1 aliphatic rings. The third-order valence-electron chi connectivity index (χ3n) is 2.93. The summed E-state index contributed by atoms with van der Waals surface area (Å²) in [5.41, 5.74) is 0. The molecule has 15 heavy (non-hydrogen) atoms. The van der Waals surface area contributed by atoms with Crippen LogP contribution in [0.15, 0.2) is 12.4 Å². The van der Waals surface area contributed by atoms with E-state index in [4.69, 9.17) is 4.74 Å². The van der Waals surface area contributed by atoms with Crippen molar-refractivity contribution in [3.63, 3.8) is 0 Å². The summed E-state index contributed by atoms with van der Waals surface area (Å²) in [6.07, 6.45) is 9.43. The predicted molar refractivity (Wildman–Crippen MR) is 60.0 cm³/mol. The number of rotatable bonds is 5. The number of hydrogen-bond donors (Lipinski definition) is 1. The molecule has 0 atom stereocenters. The van der Waals surface area contributed by atoms with Gasteiger partial charge in [-0.15, -0.1) is 0 Å². The van der Waals surface area contributed by atoms with Gasteiger partial charge in [0.2, 0.25) is 5.95 Å². The second-order valence-electron chi connectivity index (χ2n) is 3.97. The van der Waals surface area contributed by atoms with Gasteiger partial charge in [-0.2, -0.15) is 0 Å².